The SMILES string of the molecule is Cc1cc(Cl)cc(C(O)C(O)CCNC(=O)OCC2c3ccccc3-c3ccccc32)c1O. The van der Waals surface area contributed by atoms with Gasteiger partial charge in [-0.3, -0.25) is 0 Å². The number of amides is 1. The Labute approximate surface area is 197 Å². The second-order valence-electron chi connectivity index (χ2n) is 8.21. The van der Waals surface area contributed by atoms with Gasteiger partial charge in [0.05, 0.1) is 6.10 Å². The van der Waals surface area contributed by atoms with Crippen LogP contribution in [0.2, 0.25) is 5.02 Å². The monoisotopic (exact) mass is 467 g/mol. The quantitative estimate of drug-likeness (QED) is 0.404. The number of aromatic hydroxyl groups is 1. The molecule has 0 aliphatic heterocycles. The minimum absolute atomic E-state index is 0.0374. The van der Waals surface area contributed by atoms with Crippen molar-refractivity contribution in [2.45, 2.75) is 31.5 Å². The number of hydrogen-bond acceptors (Lipinski definition) is 5. The Hall–Kier alpha value is -3.06. The fourth-order valence-electron chi connectivity index (χ4n) is 4.32. The largest absolute Gasteiger partial charge is 0.507 e. The maximum Gasteiger partial charge on any atom is 0.407 e. The van der Waals surface area contributed by atoms with E-state index in [1.807, 2.05) is 36.4 Å². The Kier molecular flexibility index (Phi) is 6.88. The van der Waals surface area contributed by atoms with Gasteiger partial charge in [-0.25, -0.2) is 4.79 Å². The molecule has 0 saturated heterocycles. The summed E-state index contributed by atoms with van der Waals surface area (Å²) in [7, 11) is 0. The molecule has 1 amide bonds. The van der Waals surface area contributed by atoms with Gasteiger partial charge in [-0.05, 0) is 53.3 Å². The van der Waals surface area contributed by atoms with Gasteiger partial charge in [-0.2, -0.15) is 0 Å². The summed E-state index contributed by atoms with van der Waals surface area (Å²) in [6.07, 6.45) is -3.08. The third-order valence-electron chi connectivity index (χ3n) is 6.03. The lowest BCUT2D eigenvalue weighted by molar-refractivity contribution is 0.0123. The van der Waals surface area contributed by atoms with Gasteiger partial charge in [-0.15, -0.1) is 0 Å². The number of carbonyl (C=O) groups is 1. The summed E-state index contributed by atoms with van der Waals surface area (Å²) in [5, 5.41) is 33.8. The Balaban J connectivity index is 1.30. The molecule has 7 heteroatoms. The number of alkyl carbamates (subject to hydrolysis) is 1. The molecule has 2 unspecified atom stereocenters. The Bertz CT molecular complexity index is 1120. The maximum atomic E-state index is 12.3. The third-order valence-corrected chi connectivity index (χ3v) is 6.25. The topological polar surface area (TPSA) is 99.0 Å². The standard InChI is InChI=1S/C26H26ClNO5/c1-15-12-16(27)13-21(24(15)30)25(31)23(29)10-11-28-26(32)33-14-22-19-8-4-2-6-17(19)18-7-3-5-9-20(18)22/h2-9,12-13,22-23,25,29-31H,10-11,14H2,1H3,(H,28,32). The normalized spacial score (nSPS) is 14.3. The van der Waals surface area contributed by atoms with Crippen LogP contribution in [0.15, 0.2) is 60.7 Å². The fraction of sp³-hybridized carbons (Fsp3) is 0.269. The third kappa shape index (κ3) is 4.83. The van der Waals surface area contributed by atoms with Crippen LogP contribution < -0.4 is 5.32 Å². The van der Waals surface area contributed by atoms with E-state index in [0.29, 0.717) is 10.6 Å². The van der Waals surface area contributed by atoms with Crippen molar-refractivity contribution in [3.63, 3.8) is 0 Å². The molecule has 4 rings (SSSR count). The summed E-state index contributed by atoms with van der Waals surface area (Å²) < 4.78 is 5.47. The summed E-state index contributed by atoms with van der Waals surface area (Å²) in [6.45, 7) is 1.94. The van der Waals surface area contributed by atoms with Gasteiger partial charge < -0.3 is 25.4 Å². The lowest BCUT2D eigenvalue weighted by Crippen LogP contribution is -2.30. The molecular weight excluding hydrogens is 442 g/mol. The average molecular weight is 468 g/mol. The number of benzene rings is 3. The highest BCUT2D eigenvalue weighted by atomic mass is 35.5. The average Bonchev–Trinajstić information content (AvgIpc) is 3.13. The number of ether oxygens (including phenoxy) is 1. The van der Waals surface area contributed by atoms with Crippen molar-refractivity contribution in [1.29, 1.82) is 0 Å². The molecular formula is C26H26ClNO5. The second kappa shape index (κ2) is 9.83. The first-order valence-corrected chi connectivity index (χ1v) is 11.2. The van der Waals surface area contributed by atoms with Crippen molar-refractivity contribution >= 4 is 17.7 Å². The number of aryl methyl sites for hydroxylation is 1. The number of rotatable bonds is 7. The lowest BCUT2D eigenvalue weighted by Gasteiger charge is -2.20. The van der Waals surface area contributed by atoms with Crippen molar-refractivity contribution in [3.8, 4) is 16.9 Å². The first kappa shape index (κ1) is 23.1. The molecule has 0 aromatic heterocycles. The van der Waals surface area contributed by atoms with E-state index in [9.17, 15) is 20.1 Å². The number of hydrogen-bond donors (Lipinski definition) is 4. The van der Waals surface area contributed by atoms with Gasteiger partial charge in [0.1, 0.15) is 18.5 Å². The van der Waals surface area contributed by atoms with Crippen LogP contribution in [0.1, 0.15) is 40.7 Å². The van der Waals surface area contributed by atoms with E-state index in [2.05, 4.69) is 17.4 Å². The Morgan fingerprint density at radius 1 is 1.06 bits per heavy atom. The molecule has 0 bridgehead atoms. The molecule has 0 fully saturated rings. The number of fused-ring (bicyclic) bond motifs is 3. The molecule has 3 aromatic rings. The van der Waals surface area contributed by atoms with Gasteiger partial charge in [-0.1, -0.05) is 60.1 Å². The zero-order chi connectivity index (χ0) is 23.5. The van der Waals surface area contributed by atoms with Crippen LogP contribution in [0, 0.1) is 6.92 Å². The molecule has 0 saturated carbocycles. The van der Waals surface area contributed by atoms with Gasteiger partial charge in [0.25, 0.3) is 0 Å². The molecule has 172 valence electrons. The lowest BCUT2D eigenvalue weighted by atomic mass is 9.98. The molecule has 0 spiro atoms. The van der Waals surface area contributed by atoms with Crippen LogP contribution in [0.5, 0.6) is 5.75 Å². The van der Waals surface area contributed by atoms with Gasteiger partial charge >= 0.3 is 6.09 Å². The number of phenolic OH excluding ortho intramolecular Hbond substituents is 1. The summed E-state index contributed by atoms with van der Waals surface area (Å²) >= 11 is 5.99. The van der Waals surface area contributed by atoms with Gasteiger partial charge in [0.2, 0.25) is 0 Å². The Morgan fingerprint density at radius 2 is 1.67 bits per heavy atom. The number of halogens is 1. The number of phenols is 1. The van der Waals surface area contributed by atoms with E-state index < -0.39 is 18.3 Å². The summed E-state index contributed by atoms with van der Waals surface area (Å²) in [4.78, 5) is 12.3. The molecule has 0 radical (unpaired) electrons. The fourth-order valence-corrected chi connectivity index (χ4v) is 4.60. The highest BCUT2D eigenvalue weighted by Crippen LogP contribution is 2.44. The van der Waals surface area contributed by atoms with E-state index in [1.165, 1.54) is 6.07 Å². The first-order valence-electron chi connectivity index (χ1n) is 10.8. The molecule has 33 heavy (non-hydrogen) atoms. The zero-order valence-corrected chi connectivity index (χ0v) is 18.9. The van der Waals surface area contributed by atoms with Gasteiger partial charge in [0, 0.05) is 23.0 Å². The summed E-state index contributed by atoms with van der Waals surface area (Å²) in [6, 6.07) is 19.2. The molecule has 1 aliphatic rings. The van der Waals surface area contributed by atoms with Crippen LogP contribution in [0.4, 0.5) is 4.79 Å². The van der Waals surface area contributed by atoms with E-state index in [0.717, 1.165) is 22.3 Å². The smallest absolute Gasteiger partial charge is 0.407 e. The van der Waals surface area contributed by atoms with E-state index in [4.69, 9.17) is 16.3 Å². The van der Waals surface area contributed by atoms with Crippen molar-refractivity contribution < 1.29 is 24.9 Å². The van der Waals surface area contributed by atoms with E-state index in [-0.39, 0.29) is 36.8 Å². The van der Waals surface area contributed by atoms with Crippen LogP contribution >= 0.6 is 11.6 Å². The molecule has 3 aromatic carbocycles. The maximum absolute atomic E-state index is 12.3. The minimum atomic E-state index is -1.34. The summed E-state index contributed by atoms with van der Waals surface area (Å²) in [5.74, 6) is -0.153. The zero-order valence-electron chi connectivity index (χ0n) is 18.2. The molecule has 2 atom stereocenters. The van der Waals surface area contributed by atoms with Crippen LogP contribution in [-0.4, -0.2) is 40.7 Å². The highest BCUT2D eigenvalue weighted by Gasteiger charge is 2.29. The van der Waals surface area contributed by atoms with E-state index >= 15 is 0 Å². The van der Waals surface area contributed by atoms with Crippen molar-refractivity contribution in [3.05, 3.63) is 87.9 Å². The van der Waals surface area contributed by atoms with Crippen molar-refractivity contribution in [2.24, 2.45) is 0 Å². The molecule has 0 heterocycles. The highest BCUT2D eigenvalue weighted by molar-refractivity contribution is 6.30. The number of carbonyl (C=O) groups excluding carboxylic acids is 1. The summed E-state index contributed by atoms with van der Waals surface area (Å²) in [5.41, 5.74) is 5.20. The van der Waals surface area contributed by atoms with Gasteiger partial charge in [0.15, 0.2) is 0 Å². The molecule has 1 aliphatic carbocycles. The number of nitrogens with one attached hydrogen (secondary N) is 1. The number of aliphatic hydroxyl groups is 2. The van der Waals surface area contributed by atoms with Crippen molar-refractivity contribution in [1.82, 2.24) is 5.32 Å². The number of aliphatic hydroxyl groups excluding tert-OH is 2. The van der Waals surface area contributed by atoms with Crippen LogP contribution in [0.3, 0.4) is 0 Å². The van der Waals surface area contributed by atoms with Crippen LogP contribution in [-0.2, 0) is 4.74 Å². The minimum Gasteiger partial charge on any atom is -0.507 e. The first-order chi connectivity index (χ1) is 15.9. The predicted octanol–water partition coefficient (Wildman–Crippen LogP) is 4.68. The Morgan fingerprint density at radius 3 is 2.30 bits per heavy atom. The predicted molar refractivity (Wildman–Crippen MR) is 127 cm³/mol. The van der Waals surface area contributed by atoms with Crippen molar-refractivity contribution in [2.75, 3.05) is 13.2 Å². The second-order valence-corrected chi connectivity index (χ2v) is 8.65. The molecule has 6 nitrogen and oxygen atoms in total. The molecule has 4 N–H and O–H groups in total. The van der Waals surface area contributed by atoms with E-state index in [1.54, 1.807) is 13.0 Å². The van der Waals surface area contributed by atoms with Crippen LogP contribution in [0.25, 0.3) is 11.1 Å².